The van der Waals surface area contributed by atoms with Crippen LogP contribution in [0.4, 0.5) is 5.69 Å². The van der Waals surface area contributed by atoms with Gasteiger partial charge in [0.1, 0.15) is 0 Å². The zero-order valence-electron chi connectivity index (χ0n) is 15.0. The largest absolute Gasteiger partial charge is 0.463 e. The molecule has 0 N–H and O–H groups in total. The Morgan fingerprint density at radius 1 is 1.20 bits per heavy atom. The van der Waals surface area contributed by atoms with E-state index >= 15 is 0 Å². The standard InChI is InChI=1S/C21H25NO3/c1-3-25-21(24)14-13-19-11-7-8-12-20(19)22(17(2)23)16-15-18-9-5-4-6-10-18/h7-8,11-14,16H,3-6,9-10H2,1-2H3/b14-13+. The van der Waals surface area contributed by atoms with Gasteiger partial charge in [-0.05, 0) is 55.9 Å². The third-order valence-corrected chi connectivity index (χ3v) is 4.08. The Bertz CT molecular complexity index is 704. The summed E-state index contributed by atoms with van der Waals surface area (Å²) >= 11 is 0. The van der Waals surface area contributed by atoms with Crippen molar-refractivity contribution in [3.05, 3.63) is 53.4 Å². The van der Waals surface area contributed by atoms with Crippen molar-refractivity contribution in [3.63, 3.8) is 0 Å². The lowest BCUT2D eigenvalue weighted by atomic mass is 9.96. The number of hydrogen-bond donors (Lipinski definition) is 0. The molecular weight excluding hydrogens is 314 g/mol. The van der Waals surface area contributed by atoms with Gasteiger partial charge >= 0.3 is 5.97 Å². The van der Waals surface area contributed by atoms with Gasteiger partial charge in [-0.3, -0.25) is 9.69 Å². The Morgan fingerprint density at radius 2 is 1.92 bits per heavy atom. The number of carbonyl (C=O) groups excluding carboxylic acids is 2. The first-order chi connectivity index (χ1) is 12.1. The zero-order valence-corrected chi connectivity index (χ0v) is 15.0. The lowest BCUT2D eigenvalue weighted by Crippen LogP contribution is -2.22. The monoisotopic (exact) mass is 339 g/mol. The molecule has 0 spiro atoms. The van der Waals surface area contributed by atoms with Crippen LogP contribution in [0.3, 0.4) is 0 Å². The number of esters is 1. The van der Waals surface area contributed by atoms with Gasteiger partial charge in [-0.25, -0.2) is 4.79 Å². The van der Waals surface area contributed by atoms with Crippen molar-refractivity contribution < 1.29 is 14.3 Å². The fraction of sp³-hybridized carbons (Fsp3) is 0.381. The van der Waals surface area contributed by atoms with Crippen LogP contribution in [0.2, 0.25) is 0 Å². The number of carbonyl (C=O) groups is 2. The van der Waals surface area contributed by atoms with Crippen LogP contribution in [0.25, 0.3) is 6.08 Å². The summed E-state index contributed by atoms with van der Waals surface area (Å²) in [4.78, 5) is 25.3. The highest BCUT2D eigenvalue weighted by Gasteiger charge is 2.12. The number of amides is 1. The number of hydrogen-bond acceptors (Lipinski definition) is 3. The molecule has 1 amide bonds. The Morgan fingerprint density at radius 3 is 2.60 bits per heavy atom. The van der Waals surface area contributed by atoms with Gasteiger partial charge in [0.25, 0.3) is 0 Å². The molecule has 0 radical (unpaired) electrons. The number of allylic oxidation sites excluding steroid dienone is 1. The molecule has 1 saturated carbocycles. The van der Waals surface area contributed by atoms with E-state index < -0.39 is 5.97 Å². The SMILES string of the molecule is CCOC(=O)/C=C/c1ccccc1N(C=C=C1CCCCC1)C(C)=O. The minimum atomic E-state index is -0.397. The van der Waals surface area contributed by atoms with Crippen LogP contribution in [0.5, 0.6) is 0 Å². The van der Waals surface area contributed by atoms with Crippen molar-refractivity contribution in [2.24, 2.45) is 0 Å². The van der Waals surface area contributed by atoms with Crippen LogP contribution in [0.15, 0.2) is 47.8 Å². The van der Waals surface area contributed by atoms with E-state index in [1.807, 2.05) is 24.3 Å². The summed E-state index contributed by atoms with van der Waals surface area (Å²) < 4.78 is 4.91. The third kappa shape index (κ3) is 5.77. The summed E-state index contributed by atoms with van der Waals surface area (Å²) in [5, 5.41) is 0. The number of benzene rings is 1. The maximum atomic E-state index is 12.1. The van der Waals surface area contributed by atoms with Crippen LogP contribution >= 0.6 is 0 Å². The van der Waals surface area contributed by atoms with Crippen LogP contribution in [0, 0.1) is 0 Å². The molecule has 25 heavy (non-hydrogen) atoms. The van der Waals surface area contributed by atoms with Crippen molar-refractivity contribution in [1.82, 2.24) is 0 Å². The number of anilines is 1. The van der Waals surface area contributed by atoms with Gasteiger partial charge in [0.15, 0.2) is 0 Å². The second kappa shape index (κ2) is 9.65. The molecule has 1 fully saturated rings. The summed E-state index contributed by atoms with van der Waals surface area (Å²) in [6, 6.07) is 7.46. The quantitative estimate of drug-likeness (QED) is 0.447. The molecule has 0 aromatic heterocycles. The first-order valence-corrected chi connectivity index (χ1v) is 8.80. The van der Waals surface area contributed by atoms with Crippen molar-refractivity contribution in [2.45, 2.75) is 46.0 Å². The van der Waals surface area contributed by atoms with Crippen LogP contribution in [-0.2, 0) is 14.3 Å². The third-order valence-electron chi connectivity index (χ3n) is 4.08. The van der Waals surface area contributed by atoms with Gasteiger partial charge in [0, 0.05) is 13.0 Å². The summed E-state index contributed by atoms with van der Waals surface area (Å²) in [7, 11) is 0. The average Bonchev–Trinajstić information content (AvgIpc) is 2.62. The Hall–Kier alpha value is -2.58. The van der Waals surface area contributed by atoms with Crippen molar-refractivity contribution in [2.75, 3.05) is 11.5 Å². The van der Waals surface area contributed by atoms with E-state index in [9.17, 15) is 9.59 Å². The smallest absolute Gasteiger partial charge is 0.330 e. The highest BCUT2D eigenvalue weighted by Crippen LogP contribution is 2.24. The molecule has 0 saturated heterocycles. The molecule has 0 unspecified atom stereocenters. The summed E-state index contributed by atoms with van der Waals surface area (Å²) in [5.41, 5.74) is 6.05. The highest BCUT2D eigenvalue weighted by atomic mass is 16.5. The van der Waals surface area contributed by atoms with E-state index in [0.29, 0.717) is 6.61 Å². The number of rotatable bonds is 5. The van der Waals surface area contributed by atoms with E-state index in [-0.39, 0.29) is 5.91 Å². The van der Waals surface area contributed by atoms with Gasteiger partial charge in [0.05, 0.1) is 18.5 Å². The normalized spacial score (nSPS) is 14.1. The van der Waals surface area contributed by atoms with Crippen molar-refractivity contribution in [3.8, 4) is 0 Å². The predicted octanol–water partition coefficient (Wildman–Crippen LogP) is 4.62. The topological polar surface area (TPSA) is 46.6 Å². The highest BCUT2D eigenvalue weighted by molar-refractivity contribution is 5.96. The second-order valence-corrected chi connectivity index (χ2v) is 5.97. The molecule has 132 valence electrons. The fourth-order valence-corrected chi connectivity index (χ4v) is 2.80. The molecule has 0 aliphatic heterocycles. The van der Waals surface area contributed by atoms with Crippen LogP contribution < -0.4 is 4.90 Å². The molecule has 0 bridgehead atoms. The molecule has 1 aromatic carbocycles. The van der Waals surface area contributed by atoms with E-state index in [1.54, 1.807) is 24.1 Å². The summed E-state index contributed by atoms with van der Waals surface area (Å²) in [6.45, 7) is 3.62. The Labute approximate surface area is 149 Å². The zero-order chi connectivity index (χ0) is 18.1. The van der Waals surface area contributed by atoms with Crippen LogP contribution in [0.1, 0.15) is 51.5 Å². The fourth-order valence-electron chi connectivity index (χ4n) is 2.80. The molecule has 1 aromatic rings. The molecule has 1 aliphatic rings. The van der Waals surface area contributed by atoms with Gasteiger partial charge in [-0.1, -0.05) is 24.6 Å². The molecule has 4 nitrogen and oxygen atoms in total. The van der Waals surface area contributed by atoms with Gasteiger partial charge < -0.3 is 4.74 Å². The molecule has 0 heterocycles. The first kappa shape index (κ1) is 18.8. The first-order valence-electron chi connectivity index (χ1n) is 8.80. The average molecular weight is 339 g/mol. The maximum absolute atomic E-state index is 12.1. The molecular formula is C21H25NO3. The number of para-hydroxylation sites is 1. The van der Waals surface area contributed by atoms with E-state index in [4.69, 9.17) is 4.74 Å². The molecule has 4 heteroatoms. The Balaban J connectivity index is 2.31. The lowest BCUT2D eigenvalue weighted by Gasteiger charge is -2.18. The van der Waals surface area contributed by atoms with Gasteiger partial charge in [0.2, 0.25) is 5.91 Å². The minimum Gasteiger partial charge on any atom is -0.463 e. The van der Waals surface area contributed by atoms with Crippen LogP contribution in [-0.4, -0.2) is 18.5 Å². The summed E-state index contributed by atoms with van der Waals surface area (Å²) in [6.07, 6.45) is 10.5. The van der Waals surface area contributed by atoms with Gasteiger partial charge in [-0.15, -0.1) is 5.73 Å². The lowest BCUT2D eigenvalue weighted by molar-refractivity contribution is -0.137. The number of ether oxygens (including phenoxy) is 1. The molecule has 0 atom stereocenters. The van der Waals surface area contributed by atoms with E-state index in [1.165, 1.54) is 37.8 Å². The maximum Gasteiger partial charge on any atom is 0.330 e. The van der Waals surface area contributed by atoms with E-state index in [0.717, 1.165) is 24.1 Å². The van der Waals surface area contributed by atoms with Gasteiger partial charge in [-0.2, -0.15) is 0 Å². The van der Waals surface area contributed by atoms with Crippen molar-refractivity contribution in [1.29, 1.82) is 0 Å². The second-order valence-electron chi connectivity index (χ2n) is 5.97. The number of nitrogens with zero attached hydrogens (tertiary/aromatic N) is 1. The van der Waals surface area contributed by atoms with E-state index in [2.05, 4.69) is 5.73 Å². The minimum absolute atomic E-state index is 0.0964. The Kier molecular flexibility index (Phi) is 7.24. The van der Waals surface area contributed by atoms with Crippen molar-refractivity contribution >= 4 is 23.6 Å². The molecule has 2 rings (SSSR count). The summed E-state index contributed by atoms with van der Waals surface area (Å²) in [5.74, 6) is -0.493. The molecule has 1 aliphatic carbocycles. The predicted molar refractivity (Wildman–Crippen MR) is 100.0 cm³/mol.